The summed E-state index contributed by atoms with van der Waals surface area (Å²) < 4.78 is 0. The predicted molar refractivity (Wildman–Crippen MR) is 81.6 cm³/mol. The maximum absolute atomic E-state index is 2.29. The average Bonchev–Trinajstić information content (AvgIpc) is 2.41. The van der Waals surface area contributed by atoms with E-state index in [2.05, 4.69) is 52.8 Å². The lowest BCUT2D eigenvalue weighted by Gasteiger charge is -2.19. The Labute approximate surface area is 111 Å². The topological polar surface area (TPSA) is 0 Å². The summed E-state index contributed by atoms with van der Waals surface area (Å²) in [6.45, 7) is 11.4. The first kappa shape index (κ1) is 13.1. The molecule has 96 valence electrons. The molecule has 0 N–H and O–H groups in total. The molecule has 0 amide bonds. The van der Waals surface area contributed by atoms with Gasteiger partial charge in [0.05, 0.1) is 0 Å². The molecule has 0 aliphatic heterocycles. The van der Waals surface area contributed by atoms with Crippen molar-refractivity contribution in [3.63, 3.8) is 0 Å². The van der Waals surface area contributed by atoms with E-state index < -0.39 is 0 Å². The highest BCUT2D eigenvalue weighted by Crippen LogP contribution is 2.33. The average molecular weight is 240 g/mol. The predicted octanol–water partition coefficient (Wildman–Crippen LogP) is 5.14. The highest BCUT2D eigenvalue weighted by molar-refractivity contribution is 5.93. The van der Waals surface area contributed by atoms with Crippen LogP contribution in [0.1, 0.15) is 48.6 Å². The minimum Gasteiger partial charge on any atom is -0.0613 e. The second-order valence-corrected chi connectivity index (χ2v) is 5.11. The van der Waals surface area contributed by atoms with Gasteiger partial charge in [-0.1, -0.05) is 39.0 Å². The largest absolute Gasteiger partial charge is 0.0613 e. The van der Waals surface area contributed by atoms with Gasteiger partial charge in [-0.05, 0) is 71.7 Å². The Morgan fingerprint density at radius 1 is 0.778 bits per heavy atom. The van der Waals surface area contributed by atoms with Gasteiger partial charge in [0.1, 0.15) is 0 Å². The Hall–Kier alpha value is -1.30. The van der Waals surface area contributed by atoms with Crippen LogP contribution >= 0.6 is 0 Å². The minimum absolute atomic E-state index is 1.12. The van der Waals surface area contributed by atoms with E-state index in [-0.39, 0.29) is 0 Å². The van der Waals surface area contributed by atoms with Crippen LogP contribution in [-0.4, -0.2) is 0 Å². The van der Waals surface area contributed by atoms with Crippen LogP contribution in [0.25, 0.3) is 10.8 Å². The Balaban J connectivity index is 3.00. The summed E-state index contributed by atoms with van der Waals surface area (Å²) in [6, 6.07) is 6.78. The lowest BCUT2D eigenvalue weighted by atomic mass is 9.85. The van der Waals surface area contributed by atoms with Crippen molar-refractivity contribution < 1.29 is 0 Å². The van der Waals surface area contributed by atoms with Gasteiger partial charge >= 0.3 is 0 Å². The van der Waals surface area contributed by atoms with Crippen molar-refractivity contribution in [3.05, 3.63) is 46.0 Å². The molecule has 0 unspecified atom stereocenters. The Bertz CT molecular complexity index is 576. The molecule has 0 bridgehead atoms. The molecule has 0 fully saturated rings. The van der Waals surface area contributed by atoms with Gasteiger partial charge in [0, 0.05) is 0 Å². The highest BCUT2D eigenvalue weighted by atomic mass is 14.2. The van der Waals surface area contributed by atoms with E-state index in [9.17, 15) is 0 Å². The van der Waals surface area contributed by atoms with Crippen LogP contribution in [0.5, 0.6) is 0 Å². The maximum Gasteiger partial charge on any atom is -0.0114 e. The van der Waals surface area contributed by atoms with Gasteiger partial charge in [0.15, 0.2) is 0 Å². The van der Waals surface area contributed by atoms with Crippen LogP contribution in [0.15, 0.2) is 18.2 Å². The van der Waals surface area contributed by atoms with Crippen LogP contribution in [0.3, 0.4) is 0 Å². The summed E-state index contributed by atoms with van der Waals surface area (Å²) in [4.78, 5) is 0. The Morgan fingerprint density at radius 3 is 2.00 bits per heavy atom. The number of fused-ring (bicyclic) bond motifs is 1. The fourth-order valence-corrected chi connectivity index (χ4v) is 3.24. The van der Waals surface area contributed by atoms with E-state index >= 15 is 0 Å². The smallest absolute Gasteiger partial charge is 0.0114 e. The molecule has 0 radical (unpaired) electrons. The molecule has 18 heavy (non-hydrogen) atoms. The second-order valence-electron chi connectivity index (χ2n) is 5.11. The summed E-state index contributed by atoms with van der Waals surface area (Å²) in [5.74, 6) is 0. The molecule has 0 heteroatoms. The first-order valence-corrected chi connectivity index (χ1v) is 7.18. The second kappa shape index (κ2) is 5.14. The Kier molecular flexibility index (Phi) is 3.75. The lowest BCUT2D eigenvalue weighted by Crippen LogP contribution is -2.02. The number of rotatable bonds is 3. The zero-order valence-corrected chi connectivity index (χ0v) is 12.4. The SMILES string of the molecule is CCc1c(C)c(C)c2cccc(CC)c2c1CC. The molecule has 2 aromatic rings. The number of hydrogen-bond acceptors (Lipinski definition) is 0. The van der Waals surface area contributed by atoms with Gasteiger partial charge < -0.3 is 0 Å². The van der Waals surface area contributed by atoms with Crippen molar-refractivity contribution >= 4 is 10.8 Å². The lowest BCUT2D eigenvalue weighted by molar-refractivity contribution is 1.02. The molecule has 0 atom stereocenters. The van der Waals surface area contributed by atoms with E-state index in [4.69, 9.17) is 0 Å². The number of aryl methyl sites for hydroxylation is 3. The quantitative estimate of drug-likeness (QED) is 0.696. The third-order valence-electron chi connectivity index (χ3n) is 4.32. The summed E-state index contributed by atoms with van der Waals surface area (Å²) in [5, 5.41) is 2.99. The van der Waals surface area contributed by atoms with Crippen molar-refractivity contribution in [1.29, 1.82) is 0 Å². The fraction of sp³-hybridized carbons (Fsp3) is 0.444. The number of hydrogen-bond donors (Lipinski definition) is 0. The van der Waals surface area contributed by atoms with E-state index in [0.29, 0.717) is 0 Å². The molecule has 0 heterocycles. The van der Waals surface area contributed by atoms with Gasteiger partial charge in [0.25, 0.3) is 0 Å². The van der Waals surface area contributed by atoms with Crippen molar-refractivity contribution in [1.82, 2.24) is 0 Å². The molecule has 0 saturated heterocycles. The van der Waals surface area contributed by atoms with E-state index in [0.717, 1.165) is 19.3 Å². The molecular formula is C18H24. The Morgan fingerprint density at radius 2 is 1.44 bits per heavy atom. The molecule has 0 aliphatic rings. The molecule has 0 aromatic heterocycles. The zero-order chi connectivity index (χ0) is 13.3. The van der Waals surface area contributed by atoms with E-state index in [1.54, 1.807) is 11.1 Å². The molecule has 0 saturated carbocycles. The molecule has 2 rings (SSSR count). The maximum atomic E-state index is 2.29. The van der Waals surface area contributed by atoms with Gasteiger partial charge in [-0.3, -0.25) is 0 Å². The van der Waals surface area contributed by atoms with Gasteiger partial charge in [-0.15, -0.1) is 0 Å². The molecular weight excluding hydrogens is 216 g/mol. The van der Waals surface area contributed by atoms with Crippen molar-refractivity contribution in [2.24, 2.45) is 0 Å². The van der Waals surface area contributed by atoms with Crippen LogP contribution in [0.2, 0.25) is 0 Å². The third kappa shape index (κ3) is 1.84. The first-order valence-electron chi connectivity index (χ1n) is 7.18. The van der Waals surface area contributed by atoms with Crippen molar-refractivity contribution in [2.45, 2.75) is 53.9 Å². The van der Waals surface area contributed by atoms with Crippen LogP contribution in [-0.2, 0) is 19.3 Å². The zero-order valence-electron chi connectivity index (χ0n) is 12.4. The van der Waals surface area contributed by atoms with Crippen LogP contribution < -0.4 is 0 Å². The summed E-state index contributed by atoms with van der Waals surface area (Å²) in [7, 11) is 0. The van der Waals surface area contributed by atoms with Gasteiger partial charge in [0.2, 0.25) is 0 Å². The van der Waals surface area contributed by atoms with Crippen LogP contribution in [0.4, 0.5) is 0 Å². The fourth-order valence-electron chi connectivity index (χ4n) is 3.24. The molecule has 2 aromatic carbocycles. The van der Waals surface area contributed by atoms with Gasteiger partial charge in [-0.25, -0.2) is 0 Å². The third-order valence-corrected chi connectivity index (χ3v) is 4.32. The monoisotopic (exact) mass is 240 g/mol. The van der Waals surface area contributed by atoms with E-state index in [1.165, 1.54) is 27.5 Å². The van der Waals surface area contributed by atoms with Crippen molar-refractivity contribution in [2.75, 3.05) is 0 Å². The molecule has 0 aliphatic carbocycles. The normalized spacial score (nSPS) is 11.2. The number of benzene rings is 2. The molecule has 0 spiro atoms. The van der Waals surface area contributed by atoms with Gasteiger partial charge in [-0.2, -0.15) is 0 Å². The standard InChI is InChI=1S/C18H24/c1-6-14-10-9-11-17-13(5)12(4)15(7-2)16(8-3)18(14)17/h9-11H,6-8H2,1-5H3. The summed E-state index contributed by atoms with van der Waals surface area (Å²) in [5.41, 5.74) is 7.61. The first-order chi connectivity index (χ1) is 8.65. The minimum atomic E-state index is 1.12. The van der Waals surface area contributed by atoms with Crippen molar-refractivity contribution in [3.8, 4) is 0 Å². The highest BCUT2D eigenvalue weighted by Gasteiger charge is 2.14. The van der Waals surface area contributed by atoms with E-state index in [1.807, 2.05) is 0 Å². The summed E-state index contributed by atoms with van der Waals surface area (Å²) in [6.07, 6.45) is 3.40. The summed E-state index contributed by atoms with van der Waals surface area (Å²) >= 11 is 0. The molecule has 0 nitrogen and oxygen atoms in total. The van der Waals surface area contributed by atoms with Crippen LogP contribution in [0, 0.1) is 13.8 Å².